The molecule has 0 aromatic heterocycles. The summed E-state index contributed by atoms with van der Waals surface area (Å²) in [4.78, 5) is 11.2. The van der Waals surface area contributed by atoms with Gasteiger partial charge in [-0.05, 0) is 28.9 Å². The van der Waals surface area contributed by atoms with Gasteiger partial charge in [0.15, 0.2) is 17.7 Å². The van der Waals surface area contributed by atoms with Crippen LogP contribution < -0.4 is 0 Å². The van der Waals surface area contributed by atoms with E-state index in [-0.39, 0.29) is 11.1 Å². The van der Waals surface area contributed by atoms with Crippen molar-refractivity contribution in [1.82, 2.24) is 0 Å². The second kappa shape index (κ2) is 5.42. The first kappa shape index (κ1) is 13.9. The first-order valence-corrected chi connectivity index (χ1v) is 5.40. The van der Waals surface area contributed by atoms with Crippen molar-refractivity contribution in [3.8, 4) is 5.75 Å². The lowest BCUT2D eigenvalue weighted by atomic mass is 10.1. The molecular weight excluding hydrogens is 302 g/mol. The maximum Gasteiger partial charge on any atom is 0.339 e. The number of rotatable bonds is 3. The van der Waals surface area contributed by atoms with Gasteiger partial charge in [0.2, 0.25) is 0 Å². The van der Waals surface area contributed by atoms with Crippen LogP contribution in [0.1, 0.15) is 18.6 Å². The fourth-order valence-electron chi connectivity index (χ4n) is 1.19. The molecule has 0 bridgehead atoms. The van der Waals surface area contributed by atoms with Crippen LogP contribution in [0.4, 0.5) is 8.78 Å². The van der Waals surface area contributed by atoms with Crippen molar-refractivity contribution in [2.24, 2.45) is 0 Å². The Bertz CT molecular complexity index is 424. The third-order valence-electron chi connectivity index (χ3n) is 1.96. The molecule has 1 aromatic rings. The molecule has 0 radical (unpaired) electrons. The van der Waals surface area contributed by atoms with Crippen molar-refractivity contribution in [1.29, 1.82) is 0 Å². The number of benzene rings is 1. The molecule has 1 unspecified atom stereocenters. The zero-order chi connectivity index (χ0) is 13.2. The number of phenols is 1. The summed E-state index contributed by atoms with van der Waals surface area (Å²) in [6.07, 6.45) is -2.08. The molecule has 1 aromatic carbocycles. The minimum Gasteiger partial charge on any atom is -0.506 e. The van der Waals surface area contributed by atoms with Gasteiger partial charge >= 0.3 is 5.97 Å². The topological polar surface area (TPSA) is 66.8 Å². The summed E-state index contributed by atoms with van der Waals surface area (Å²) in [6.45, 7) is 1.46. The summed E-state index contributed by atoms with van der Waals surface area (Å²) in [5.41, 5.74) is -0.852. The maximum absolute atomic E-state index is 13.4. The average molecular weight is 311 g/mol. The quantitative estimate of drug-likeness (QED) is 0.662. The van der Waals surface area contributed by atoms with Gasteiger partial charge in [0.05, 0.1) is 16.6 Å². The van der Waals surface area contributed by atoms with E-state index in [0.717, 1.165) is 0 Å². The number of hydrogen-bond acceptors (Lipinski definition) is 4. The Balaban J connectivity index is 3.25. The van der Waals surface area contributed by atoms with Gasteiger partial charge in [-0.2, -0.15) is 0 Å². The van der Waals surface area contributed by atoms with E-state index in [4.69, 9.17) is 0 Å². The first-order chi connectivity index (χ1) is 7.90. The number of phenolic OH excluding ortho intramolecular Hbond substituents is 1. The Morgan fingerprint density at radius 1 is 1.59 bits per heavy atom. The highest BCUT2D eigenvalue weighted by Gasteiger charge is 2.29. The van der Waals surface area contributed by atoms with Crippen LogP contribution in [0.5, 0.6) is 5.75 Å². The fourth-order valence-corrected chi connectivity index (χ4v) is 1.61. The minimum atomic E-state index is -2.08. The molecule has 0 fully saturated rings. The smallest absolute Gasteiger partial charge is 0.339 e. The van der Waals surface area contributed by atoms with Crippen molar-refractivity contribution in [2.45, 2.75) is 13.0 Å². The SMILES string of the molecule is CCOC(=O)C(O)c1c(O)c(Br)cc(F)c1F. The van der Waals surface area contributed by atoms with Crippen LogP contribution in [0.2, 0.25) is 0 Å². The summed E-state index contributed by atoms with van der Waals surface area (Å²) in [5, 5.41) is 18.9. The van der Waals surface area contributed by atoms with Crippen LogP contribution in [-0.4, -0.2) is 22.8 Å². The number of carbonyl (C=O) groups is 1. The molecule has 1 rings (SSSR count). The zero-order valence-electron chi connectivity index (χ0n) is 8.71. The third-order valence-corrected chi connectivity index (χ3v) is 2.57. The number of aromatic hydroxyl groups is 1. The molecular formula is C10H9BrF2O4. The standard InChI is InChI=1S/C10H9BrF2O4/c1-2-17-10(16)9(15)6-7(13)5(12)3-4(11)8(6)14/h3,9,14-15H,2H2,1H3. The minimum absolute atomic E-state index is 0.0330. The van der Waals surface area contributed by atoms with E-state index < -0.39 is 35.0 Å². The maximum atomic E-state index is 13.4. The molecule has 2 N–H and O–H groups in total. The predicted octanol–water partition coefficient (Wildman–Crippen LogP) is 2.03. The Hall–Kier alpha value is -1.21. The molecule has 0 aliphatic carbocycles. The molecule has 94 valence electrons. The van der Waals surface area contributed by atoms with Crippen LogP contribution in [-0.2, 0) is 9.53 Å². The zero-order valence-corrected chi connectivity index (χ0v) is 10.3. The van der Waals surface area contributed by atoms with Gasteiger partial charge in [-0.15, -0.1) is 0 Å². The van der Waals surface area contributed by atoms with Crippen molar-refractivity contribution >= 4 is 21.9 Å². The number of carbonyl (C=O) groups excluding carboxylic acids is 1. The summed E-state index contributed by atoms with van der Waals surface area (Å²) < 4.78 is 30.7. The lowest BCUT2D eigenvalue weighted by Crippen LogP contribution is -2.17. The molecule has 0 amide bonds. The molecule has 0 saturated carbocycles. The van der Waals surface area contributed by atoms with E-state index in [2.05, 4.69) is 20.7 Å². The average Bonchev–Trinajstić information content (AvgIpc) is 2.27. The molecule has 1 atom stereocenters. The Kier molecular flexibility index (Phi) is 4.41. The van der Waals surface area contributed by atoms with Gasteiger partial charge < -0.3 is 14.9 Å². The molecule has 0 spiro atoms. The van der Waals surface area contributed by atoms with Crippen molar-refractivity contribution < 1.29 is 28.5 Å². The van der Waals surface area contributed by atoms with E-state index in [9.17, 15) is 23.8 Å². The number of halogens is 3. The summed E-state index contributed by atoms with van der Waals surface area (Å²) >= 11 is 2.77. The van der Waals surface area contributed by atoms with Crippen LogP contribution in [0, 0.1) is 11.6 Å². The Labute approximate surface area is 104 Å². The number of aliphatic hydroxyl groups is 1. The molecule has 0 saturated heterocycles. The van der Waals surface area contributed by atoms with Gasteiger partial charge in [0.1, 0.15) is 5.75 Å². The number of esters is 1. The van der Waals surface area contributed by atoms with E-state index in [1.165, 1.54) is 6.92 Å². The van der Waals surface area contributed by atoms with Crippen molar-refractivity contribution in [3.63, 3.8) is 0 Å². The molecule has 0 aliphatic heterocycles. The molecule has 7 heteroatoms. The summed E-state index contributed by atoms with van der Waals surface area (Å²) in [5.74, 6) is -4.71. The highest BCUT2D eigenvalue weighted by atomic mass is 79.9. The second-order valence-corrected chi connectivity index (χ2v) is 3.93. The number of aliphatic hydroxyl groups excluding tert-OH is 1. The molecule has 0 heterocycles. The van der Waals surface area contributed by atoms with Gasteiger partial charge in [-0.25, -0.2) is 13.6 Å². The van der Waals surface area contributed by atoms with E-state index in [1.807, 2.05) is 0 Å². The number of ether oxygens (including phenoxy) is 1. The predicted molar refractivity (Wildman–Crippen MR) is 57.3 cm³/mol. The highest BCUT2D eigenvalue weighted by Crippen LogP contribution is 2.36. The van der Waals surface area contributed by atoms with Crippen LogP contribution in [0.3, 0.4) is 0 Å². The molecule has 0 aliphatic rings. The van der Waals surface area contributed by atoms with E-state index >= 15 is 0 Å². The monoisotopic (exact) mass is 310 g/mol. The lowest BCUT2D eigenvalue weighted by Gasteiger charge is -2.13. The second-order valence-electron chi connectivity index (χ2n) is 3.07. The van der Waals surface area contributed by atoms with Crippen molar-refractivity contribution in [3.05, 3.63) is 27.7 Å². The van der Waals surface area contributed by atoms with Crippen LogP contribution in [0.15, 0.2) is 10.5 Å². The summed E-state index contributed by atoms with van der Waals surface area (Å²) in [6, 6.07) is 0.687. The Morgan fingerprint density at radius 2 is 2.18 bits per heavy atom. The number of hydrogen-bond donors (Lipinski definition) is 2. The van der Waals surface area contributed by atoms with Crippen LogP contribution >= 0.6 is 15.9 Å². The normalized spacial score (nSPS) is 12.3. The van der Waals surface area contributed by atoms with E-state index in [0.29, 0.717) is 6.07 Å². The van der Waals surface area contributed by atoms with Gasteiger partial charge in [0, 0.05) is 0 Å². The largest absolute Gasteiger partial charge is 0.506 e. The van der Waals surface area contributed by atoms with E-state index in [1.54, 1.807) is 0 Å². The Morgan fingerprint density at radius 3 is 2.71 bits per heavy atom. The fraction of sp³-hybridized carbons (Fsp3) is 0.300. The highest BCUT2D eigenvalue weighted by molar-refractivity contribution is 9.10. The van der Waals surface area contributed by atoms with Gasteiger partial charge in [-0.1, -0.05) is 0 Å². The lowest BCUT2D eigenvalue weighted by molar-refractivity contribution is -0.153. The summed E-state index contributed by atoms with van der Waals surface area (Å²) in [7, 11) is 0. The van der Waals surface area contributed by atoms with Crippen LogP contribution in [0.25, 0.3) is 0 Å². The first-order valence-electron chi connectivity index (χ1n) is 4.61. The molecule has 17 heavy (non-hydrogen) atoms. The third kappa shape index (κ3) is 2.73. The van der Waals surface area contributed by atoms with Gasteiger partial charge in [-0.3, -0.25) is 0 Å². The van der Waals surface area contributed by atoms with Gasteiger partial charge in [0.25, 0.3) is 0 Å². The van der Waals surface area contributed by atoms with Crippen molar-refractivity contribution in [2.75, 3.05) is 6.61 Å². The molecule has 4 nitrogen and oxygen atoms in total.